The quantitative estimate of drug-likeness (QED) is 0.675. The summed E-state index contributed by atoms with van der Waals surface area (Å²) in [7, 11) is 1.49. The lowest BCUT2D eigenvalue weighted by Crippen LogP contribution is -2.42. The van der Waals surface area contributed by atoms with Crippen LogP contribution in [0, 0.1) is 0 Å². The van der Waals surface area contributed by atoms with Gasteiger partial charge in [-0.15, -0.1) is 0 Å². The van der Waals surface area contributed by atoms with E-state index >= 15 is 0 Å². The number of fused-ring (bicyclic) bond motifs is 1. The maximum atomic E-state index is 12.6. The molecule has 0 saturated carbocycles. The van der Waals surface area contributed by atoms with E-state index in [1.165, 1.54) is 7.11 Å². The van der Waals surface area contributed by atoms with Crippen molar-refractivity contribution in [1.82, 2.24) is 0 Å². The molecule has 3 rings (SSSR count). The minimum Gasteiger partial charge on any atom is -0.495 e. The maximum absolute atomic E-state index is 12.6. The van der Waals surface area contributed by atoms with E-state index < -0.39 is 0 Å². The van der Waals surface area contributed by atoms with Crippen LogP contribution in [0.1, 0.15) is 15.9 Å². The third-order valence-electron chi connectivity index (χ3n) is 3.49. The fourth-order valence-corrected chi connectivity index (χ4v) is 2.48. The number of hydrogen-bond acceptors (Lipinski definition) is 4. The second-order valence-electron chi connectivity index (χ2n) is 4.80. The average molecular weight is 282 g/mol. The number of nitrogens with two attached hydrogens (primary N) is 1. The van der Waals surface area contributed by atoms with E-state index in [0.717, 1.165) is 10.5 Å². The SMILES string of the molecule is COc1ccc(N)cc1N1C(=O)Cc2ccccc2C1=O. The highest BCUT2D eigenvalue weighted by Crippen LogP contribution is 2.34. The molecule has 0 saturated heterocycles. The molecule has 0 spiro atoms. The van der Waals surface area contributed by atoms with Crippen molar-refractivity contribution in [3.05, 3.63) is 53.6 Å². The zero-order valence-corrected chi connectivity index (χ0v) is 11.5. The van der Waals surface area contributed by atoms with E-state index in [1.54, 1.807) is 36.4 Å². The monoisotopic (exact) mass is 282 g/mol. The van der Waals surface area contributed by atoms with Crippen LogP contribution in [0.3, 0.4) is 0 Å². The Hall–Kier alpha value is -2.82. The molecule has 0 aromatic heterocycles. The van der Waals surface area contributed by atoms with Gasteiger partial charge in [-0.05, 0) is 29.8 Å². The van der Waals surface area contributed by atoms with E-state index in [9.17, 15) is 9.59 Å². The van der Waals surface area contributed by atoms with Gasteiger partial charge in [0.05, 0.1) is 19.2 Å². The highest BCUT2D eigenvalue weighted by Gasteiger charge is 2.33. The smallest absolute Gasteiger partial charge is 0.265 e. The summed E-state index contributed by atoms with van der Waals surface area (Å²) < 4.78 is 5.24. The van der Waals surface area contributed by atoms with Crippen molar-refractivity contribution in [3.8, 4) is 5.75 Å². The van der Waals surface area contributed by atoms with Crippen LogP contribution in [0.4, 0.5) is 11.4 Å². The highest BCUT2D eigenvalue weighted by molar-refractivity contribution is 6.25. The Morgan fingerprint density at radius 1 is 1.14 bits per heavy atom. The fourth-order valence-electron chi connectivity index (χ4n) is 2.48. The van der Waals surface area contributed by atoms with E-state index in [-0.39, 0.29) is 18.2 Å². The predicted molar refractivity (Wildman–Crippen MR) is 79.4 cm³/mol. The summed E-state index contributed by atoms with van der Waals surface area (Å²) in [5.41, 5.74) is 7.88. The Morgan fingerprint density at radius 3 is 2.67 bits per heavy atom. The second kappa shape index (κ2) is 4.94. The van der Waals surface area contributed by atoms with E-state index in [1.807, 2.05) is 6.07 Å². The Morgan fingerprint density at radius 2 is 1.90 bits per heavy atom. The number of amides is 2. The average Bonchev–Trinajstić information content (AvgIpc) is 2.47. The molecule has 2 aromatic carbocycles. The van der Waals surface area contributed by atoms with Gasteiger partial charge in [0.25, 0.3) is 5.91 Å². The molecule has 2 N–H and O–H groups in total. The van der Waals surface area contributed by atoms with Crippen LogP contribution in [0.5, 0.6) is 5.75 Å². The Balaban J connectivity index is 2.14. The Kier molecular flexibility index (Phi) is 3.10. The van der Waals surface area contributed by atoms with Crippen molar-refractivity contribution in [3.63, 3.8) is 0 Å². The first kappa shape index (κ1) is 13.2. The molecule has 0 aliphatic carbocycles. The first-order valence-electron chi connectivity index (χ1n) is 6.50. The van der Waals surface area contributed by atoms with Crippen LogP contribution in [0.25, 0.3) is 0 Å². The summed E-state index contributed by atoms with van der Waals surface area (Å²) in [4.78, 5) is 26.1. The molecule has 2 amide bonds. The van der Waals surface area contributed by atoms with Gasteiger partial charge in [-0.1, -0.05) is 18.2 Å². The van der Waals surface area contributed by atoms with Gasteiger partial charge in [-0.2, -0.15) is 0 Å². The third-order valence-corrected chi connectivity index (χ3v) is 3.49. The number of hydrogen-bond donors (Lipinski definition) is 1. The van der Waals surface area contributed by atoms with Crippen molar-refractivity contribution in [2.45, 2.75) is 6.42 Å². The van der Waals surface area contributed by atoms with Gasteiger partial charge < -0.3 is 10.5 Å². The first-order chi connectivity index (χ1) is 10.1. The molecule has 21 heavy (non-hydrogen) atoms. The third kappa shape index (κ3) is 2.12. The minimum absolute atomic E-state index is 0.180. The van der Waals surface area contributed by atoms with Crippen LogP contribution in [-0.2, 0) is 11.2 Å². The lowest BCUT2D eigenvalue weighted by Gasteiger charge is -2.28. The molecular weight excluding hydrogens is 268 g/mol. The number of methoxy groups -OCH3 is 1. The molecular formula is C16H14N2O3. The molecule has 0 bridgehead atoms. The number of anilines is 2. The van der Waals surface area contributed by atoms with Gasteiger partial charge >= 0.3 is 0 Å². The summed E-state index contributed by atoms with van der Waals surface area (Å²) in [6.07, 6.45) is 0.180. The molecule has 1 heterocycles. The summed E-state index contributed by atoms with van der Waals surface area (Å²) in [6, 6.07) is 12.0. The number of imide groups is 1. The zero-order valence-electron chi connectivity index (χ0n) is 11.5. The topological polar surface area (TPSA) is 72.6 Å². The first-order valence-corrected chi connectivity index (χ1v) is 6.50. The summed E-state index contributed by atoms with van der Waals surface area (Å²) in [5.74, 6) is -0.210. The molecule has 1 aliphatic rings. The predicted octanol–water partition coefficient (Wildman–Crippen LogP) is 2.01. The van der Waals surface area contributed by atoms with E-state index in [0.29, 0.717) is 22.7 Å². The zero-order chi connectivity index (χ0) is 15.0. The van der Waals surface area contributed by atoms with Crippen molar-refractivity contribution < 1.29 is 14.3 Å². The molecule has 0 fully saturated rings. The number of ether oxygens (including phenoxy) is 1. The standard InChI is InChI=1S/C16H14N2O3/c1-21-14-7-6-11(17)9-13(14)18-15(19)8-10-4-2-3-5-12(10)16(18)20/h2-7,9H,8,17H2,1H3. The van der Waals surface area contributed by atoms with Gasteiger partial charge in [0.1, 0.15) is 5.75 Å². The Bertz CT molecular complexity index is 740. The van der Waals surface area contributed by atoms with Gasteiger partial charge in [0, 0.05) is 11.3 Å². The largest absolute Gasteiger partial charge is 0.495 e. The van der Waals surface area contributed by atoms with Crippen molar-refractivity contribution in [2.24, 2.45) is 0 Å². The summed E-state index contributed by atoms with van der Waals surface area (Å²) in [6.45, 7) is 0. The molecule has 5 heteroatoms. The van der Waals surface area contributed by atoms with Crippen LogP contribution >= 0.6 is 0 Å². The molecule has 2 aromatic rings. The lowest BCUT2D eigenvalue weighted by atomic mass is 9.98. The van der Waals surface area contributed by atoms with Crippen molar-refractivity contribution in [1.29, 1.82) is 0 Å². The number of nitrogen functional groups attached to an aromatic ring is 1. The van der Waals surface area contributed by atoms with E-state index in [4.69, 9.17) is 10.5 Å². The summed E-state index contributed by atoms with van der Waals surface area (Å²) >= 11 is 0. The van der Waals surface area contributed by atoms with E-state index in [2.05, 4.69) is 0 Å². The van der Waals surface area contributed by atoms with Crippen LogP contribution < -0.4 is 15.4 Å². The van der Waals surface area contributed by atoms with Crippen molar-refractivity contribution >= 4 is 23.2 Å². The van der Waals surface area contributed by atoms with Crippen LogP contribution in [-0.4, -0.2) is 18.9 Å². The molecule has 0 atom stereocenters. The number of benzene rings is 2. The number of nitrogens with zero attached hydrogens (tertiary/aromatic N) is 1. The minimum atomic E-state index is -0.356. The number of rotatable bonds is 2. The molecule has 0 unspecified atom stereocenters. The Labute approximate surface area is 121 Å². The fraction of sp³-hybridized carbons (Fsp3) is 0.125. The normalized spacial score (nSPS) is 14.0. The second-order valence-corrected chi connectivity index (χ2v) is 4.80. The molecule has 0 radical (unpaired) electrons. The van der Waals surface area contributed by atoms with Gasteiger partial charge in [0.15, 0.2) is 0 Å². The highest BCUT2D eigenvalue weighted by atomic mass is 16.5. The van der Waals surface area contributed by atoms with Crippen LogP contribution in [0.15, 0.2) is 42.5 Å². The molecule has 106 valence electrons. The summed E-state index contributed by atoms with van der Waals surface area (Å²) in [5, 5.41) is 0. The lowest BCUT2D eigenvalue weighted by molar-refractivity contribution is -0.117. The van der Waals surface area contributed by atoms with Crippen LogP contribution in [0.2, 0.25) is 0 Å². The molecule has 1 aliphatic heterocycles. The molecule has 5 nitrogen and oxygen atoms in total. The van der Waals surface area contributed by atoms with Gasteiger partial charge in [-0.3, -0.25) is 9.59 Å². The van der Waals surface area contributed by atoms with Gasteiger partial charge in [-0.25, -0.2) is 4.90 Å². The number of carbonyl (C=O) groups is 2. The van der Waals surface area contributed by atoms with Gasteiger partial charge in [0.2, 0.25) is 5.91 Å². The number of carbonyl (C=O) groups excluding carboxylic acids is 2. The van der Waals surface area contributed by atoms with Crippen molar-refractivity contribution in [2.75, 3.05) is 17.7 Å². The maximum Gasteiger partial charge on any atom is 0.265 e.